The van der Waals surface area contributed by atoms with E-state index in [0.29, 0.717) is 6.42 Å². The van der Waals surface area contributed by atoms with Crippen LogP contribution in [-0.2, 0) is 4.79 Å². The third-order valence-electron chi connectivity index (χ3n) is 4.80. The maximum atomic E-state index is 12.2. The van der Waals surface area contributed by atoms with E-state index in [-0.39, 0.29) is 5.91 Å². The van der Waals surface area contributed by atoms with Crippen LogP contribution in [0.3, 0.4) is 0 Å². The molecule has 5 heteroatoms. The van der Waals surface area contributed by atoms with Gasteiger partial charge in [0.25, 0.3) is 0 Å². The Hall–Kier alpha value is -2.56. The van der Waals surface area contributed by atoms with E-state index in [2.05, 4.69) is 18.0 Å². The van der Waals surface area contributed by atoms with Crippen molar-refractivity contribution in [3.8, 4) is 5.75 Å². The number of amides is 1. The summed E-state index contributed by atoms with van der Waals surface area (Å²) in [5.74, 6) is 1.76. The molecule has 1 aromatic heterocycles. The molecule has 140 valence electrons. The number of aromatic nitrogens is 1. The largest absolute Gasteiger partial charge is 0.495 e. The number of hydrogen-bond donors (Lipinski definition) is 0. The zero-order valence-corrected chi connectivity index (χ0v) is 16.9. The molecule has 26 heavy (non-hydrogen) atoms. The molecule has 0 saturated carbocycles. The van der Waals surface area contributed by atoms with Crippen molar-refractivity contribution in [3.63, 3.8) is 0 Å². The lowest BCUT2D eigenvalue weighted by Gasteiger charge is -2.26. The predicted molar refractivity (Wildman–Crippen MR) is 108 cm³/mol. The van der Waals surface area contributed by atoms with Gasteiger partial charge in [-0.25, -0.2) is 4.98 Å². The number of rotatable bonds is 6. The van der Waals surface area contributed by atoms with E-state index in [1.165, 1.54) is 0 Å². The van der Waals surface area contributed by atoms with Gasteiger partial charge < -0.3 is 14.5 Å². The van der Waals surface area contributed by atoms with E-state index >= 15 is 0 Å². The Labute approximate surface area is 156 Å². The van der Waals surface area contributed by atoms with Gasteiger partial charge in [-0.3, -0.25) is 4.79 Å². The minimum Gasteiger partial charge on any atom is -0.495 e. The normalized spacial score (nSPS) is 10.6. The molecular weight excluding hydrogens is 326 g/mol. The van der Waals surface area contributed by atoms with Crippen molar-refractivity contribution < 1.29 is 9.53 Å². The zero-order valence-electron chi connectivity index (χ0n) is 16.9. The minimum absolute atomic E-state index is 0.109. The number of nitrogens with zero attached hydrogens (tertiary/aromatic N) is 3. The number of carbonyl (C=O) groups excluding carboxylic acids is 1. The monoisotopic (exact) mass is 355 g/mol. The molecule has 0 saturated heterocycles. The molecule has 0 atom stereocenters. The SMILES string of the molecule is CCCC(=O)N(C)c1cnc(N(C)c2cc(C)ccc2OC)c(C)c1C. The summed E-state index contributed by atoms with van der Waals surface area (Å²) < 4.78 is 5.51. The number of carbonyl (C=O) groups is 1. The fourth-order valence-corrected chi connectivity index (χ4v) is 3.04. The number of aryl methyl sites for hydroxylation is 1. The van der Waals surface area contributed by atoms with Crippen molar-refractivity contribution in [3.05, 3.63) is 41.1 Å². The molecule has 0 bridgehead atoms. The first-order chi connectivity index (χ1) is 12.3. The Kier molecular flexibility index (Phi) is 6.24. The maximum absolute atomic E-state index is 12.2. The molecule has 1 heterocycles. The summed E-state index contributed by atoms with van der Waals surface area (Å²) in [4.78, 5) is 20.6. The van der Waals surface area contributed by atoms with Crippen LogP contribution in [0.25, 0.3) is 0 Å². The minimum atomic E-state index is 0.109. The average molecular weight is 355 g/mol. The van der Waals surface area contributed by atoms with Gasteiger partial charge in [-0.05, 0) is 56.0 Å². The van der Waals surface area contributed by atoms with E-state index in [1.807, 2.05) is 51.9 Å². The van der Waals surface area contributed by atoms with Crippen LogP contribution < -0.4 is 14.5 Å². The van der Waals surface area contributed by atoms with Gasteiger partial charge in [-0.2, -0.15) is 0 Å². The van der Waals surface area contributed by atoms with Crippen LogP contribution in [0.5, 0.6) is 5.75 Å². The lowest BCUT2D eigenvalue weighted by Crippen LogP contribution is -2.27. The van der Waals surface area contributed by atoms with Gasteiger partial charge in [0, 0.05) is 20.5 Å². The molecule has 0 aliphatic carbocycles. The third kappa shape index (κ3) is 3.82. The summed E-state index contributed by atoms with van der Waals surface area (Å²) in [5, 5.41) is 0. The number of ether oxygens (including phenoxy) is 1. The molecular formula is C21H29N3O2. The summed E-state index contributed by atoms with van der Waals surface area (Å²) in [6.07, 6.45) is 3.16. The molecule has 1 aromatic carbocycles. The molecule has 2 aromatic rings. The average Bonchev–Trinajstić information content (AvgIpc) is 2.63. The highest BCUT2D eigenvalue weighted by atomic mass is 16.5. The molecule has 0 spiro atoms. The molecule has 0 unspecified atom stereocenters. The van der Waals surface area contributed by atoms with Crippen molar-refractivity contribution in [1.29, 1.82) is 0 Å². The van der Waals surface area contributed by atoms with E-state index in [0.717, 1.165) is 46.1 Å². The van der Waals surface area contributed by atoms with Gasteiger partial charge in [0.1, 0.15) is 11.6 Å². The number of anilines is 3. The van der Waals surface area contributed by atoms with Crippen molar-refractivity contribution in [2.24, 2.45) is 0 Å². The van der Waals surface area contributed by atoms with Gasteiger partial charge in [-0.15, -0.1) is 0 Å². The fraction of sp³-hybridized carbons (Fsp3) is 0.429. The first kappa shape index (κ1) is 19.8. The Morgan fingerprint density at radius 1 is 1.12 bits per heavy atom. The summed E-state index contributed by atoms with van der Waals surface area (Å²) in [6.45, 7) is 8.14. The van der Waals surface area contributed by atoms with E-state index in [9.17, 15) is 4.79 Å². The standard InChI is InChI=1S/C21H29N3O2/c1-8-9-20(25)23(5)18-13-22-21(16(4)15(18)3)24(6)17-12-14(2)10-11-19(17)26-7/h10-13H,8-9H2,1-7H3. The Bertz CT molecular complexity index is 802. The Morgan fingerprint density at radius 3 is 2.42 bits per heavy atom. The first-order valence-corrected chi connectivity index (χ1v) is 8.92. The second kappa shape index (κ2) is 8.21. The van der Waals surface area contributed by atoms with Crippen LogP contribution in [0.2, 0.25) is 0 Å². The molecule has 0 N–H and O–H groups in total. The Balaban J connectivity index is 2.45. The van der Waals surface area contributed by atoms with Crippen molar-refractivity contribution in [1.82, 2.24) is 4.98 Å². The highest BCUT2D eigenvalue weighted by Crippen LogP contribution is 2.36. The zero-order chi connectivity index (χ0) is 19.4. The first-order valence-electron chi connectivity index (χ1n) is 8.92. The highest BCUT2D eigenvalue weighted by molar-refractivity contribution is 5.93. The number of hydrogen-bond acceptors (Lipinski definition) is 4. The molecule has 2 rings (SSSR count). The van der Waals surface area contributed by atoms with E-state index < -0.39 is 0 Å². The Morgan fingerprint density at radius 2 is 1.81 bits per heavy atom. The molecule has 0 aliphatic heterocycles. The third-order valence-corrected chi connectivity index (χ3v) is 4.80. The van der Waals surface area contributed by atoms with Gasteiger partial charge in [0.15, 0.2) is 0 Å². The summed E-state index contributed by atoms with van der Waals surface area (Å²) in [6, 6.07) is 6.08. The lowest BCUT2D eigenvalue weighted by molar-refractivity contribution is -0.118. The number of methoxy groups -OCH3 is 1. The topological polar surface area (TPSA) is 45.7 Å². The molecule has 1 amide bonds. The molecule has 5 nitrogen and oxygen atoms in total. The van der Waals surface area contributed by atoms with Crippen LogP contribution in [0, 0.1) is 20.8 Å². The van der Waals surface area contributed by atoms with Gasteiger partial charge >= 0.3 is 0 Å². The van der Waals surface area contributed by atoms with Crippen molar-refractivity contribution >= 4 is 23.1 Å². The predicted octanol–water partition coefficient (Wildman–Crippen LogP) is 4.55. The fourth-order valence-electron chi connectivity index (χ4n) is 3.04. The maximum Gasteiger partial charge on any atom is 0.226 e. The second-order valence-corrected chi connectivity index (χ2v) is 6.65. The summed E-state index contributed by atoms with van der Waals surface area (Å²) in [5.41, 5.74) is 5.08. The highest BCUT2D eigenvalue weighted by Gasteiger charge is 2.19. The van der Waals surface area contributed by atoms with Crippen molar-refractivity contribution in [2.75, 3.05) is 31.0 Å². The van der Waals surface area contributed by atoms with Gasteiger partial charge in [-0.1, -0.05) is 13.0 Å². The molecule has 0 aliphatic rings. The number of benzene rings is 1. The van der Waals surface area contributed by atoms with Crippen LogP contribution in [0.15, 0.2) is 24.4 Å². The lowest BCUT2D eigenvalue weighted by atomic mass is 10.1. The number of pyridine rings is 1. The van der Waals surface area contributed by atoms with Crippen molar-refractivity contribution in [2.45, 2.75) is 40.5 Å². The molecule has 0 fully saturated rings. The second-order valence-electron chi connectivity index (χ2n) is 6.65. The van der Waals surface area contributed by atoms with E-state index in [4.69, 9.17) is 4.74 Å². The quantitative estimate of drug-likeness (QED) is 0.763. The smallest absolute Gasteiger partial charge is 0.226 e. The van der Waals surface area contributed by atoms with Crippen LogP contribution >= 0.6 is 0 Å². The summed E-state index contributed by atoms with van der Waals surface area (Å²) >= 11 is 0. The van der Waals surface area contributed by atoms with Crippen LogP contribution in [-0.4, -0.2) is 32.1 Å². The molecule has 0 radical (unpaired) electrons. The van der Waals surface area contributed by atoms with Gasteiger partial charge in [0.2, 0.25) is 5.91 Å². The van der Waals surface area contributed by atoms with E-state index in [1.54, 1.807) is 18.2 Å². The van der Waals surface area contributed by atoms with Crippen LogP contribution in [0.4, 0.5) is 17.2 Å². The summed E-state index contributed by atoms with van der Waals surface area (Å²) in [7, 11) is 5.47. The van der Waals surface area contributed by atoms with Gasteiger partial charge in [0.05, 0.1) is 24.7 Å². The van der Waals surface area contributed by atoms with Crippen LogP contribution in [0.1, 0.15) is 36.5 Å².